The Morgan fingerprint density at radius 3 is 2.40 bits per heavy atom. The molecule has 0 bridgehead atoms. The fraction of sp³-hybridized carbons (Fsp3) is 0.250. The maximum Gasteiger partial charge on any atom is 0.555 e. The monoisotopic (exact) mass is 258 g/mol. The molecule has 0 aliphatic carbocycles. The zero-order valence-electron chi connectivity index (χ0n) is 7.42. The van der Waals surface area contributed by atoms with Crippen LogP contribution in [0.25, 0.3) is 0 Å². The molecule has 0 saturated carbocycles. The molecule has 0 amide bonds. The Labute approximate surface area is 84.1 Å². The molecule has 1 heterocycles. The molecule has 0 radical (unpaired) electrons. The smallest absolute Gasteiger partial charge is 0.310 e. The summed E-state index contributed by atoms with van der Waals surface area (Å²) in [5.74, 6) is 0. The van der Waals surface area contributed by atoms with E-state index < -0.39 is 15.6 Å². The van der Waals surface area contributed by atoms with Crippen molar-refractivity contribution in [2.24, 2.45) is 0 Å². The molecule has 0 aromatic carbocycles. The molecule has 86 valence electrons. The Kier molecular flexibility index (Phi) is 3.34. The summed E-state index contributed by atoms with van der Waals surface area (Å²) in [5, 5.41) is 0. The number of aromatic nitrogens is 2. The SMILES string of the molecule is Cc1cn(OP(=O)(O)OP(=O)(O)O)cn1. The van der Waals surface area contributed by atoms with E-state index in [0.717, 1.165) is 6.33 Å². The molecule has 1 aromatic rings. The van der Waals surface area contributed by atoms with E-state index in [0.29, 0.717) is 10.4 Å². The van der Waals surface area contributed by atoms with Crippen molar-refractivity contribution in [1.82, 2.24) is 9.71 Å². The number of nitrogens with zero attached hydrogens (tertiary/aromatic N) is 2. The Morgan fingerprint density at radius 1 is 1.40 bits per heavy atom. The van der Waals surface area contributed by atoms with Gasteiger partial charge in [-0.15, -0.1) is 0 Å². The third-order valence-corrected chi connectivity index (χ3v) is 3.17. The van der Waals surface area contributed by atoms with Gasteiger partial charge in [-0.05, 0) is 6.92 Å². The van der Waals surface area contributed by atoms with E-state index in [2.05, 4.69) is 13.9 Å². The van der Waals surface area contributed by atoms with Crippen LogP contribution in [-0.2, 0) is 13.4 Å². The van der Waals surface area contributed by atoms with Gasteiger partial charge in [-0.3, -0.25) is 4.89 Å². The van der Waals surface area contributed by atoms with Gasteiger partial charge in [0.05, 0.1) is 11.9 Å². The molecule has 0 fully saturated rings. The lowest BCUT2D eigenvalue weighted by atomic mass is 10.6. The maximum atomic E-state index is 11.0. The molecule has 9 nitrogen and oxygen atoms in total. The van der Waals surface area contributed by atoms with E-state index in [4.69, 9.17) is 14.7 Å². The first kappa shape index (κ1) is 12.4. The molecule has 1 atom stereocenters. The summed E-state index contributed by atoms with van der Waals surface area (Å²) >= 11 is 0. The van der Waals surface area contributed by atoms with E-state index in [9.17, 15) is 9.13 Å². The standard InChI is InChI=1S/C4H8N2O7P2/c1-4-2-6(3-5-4)12-15(10,11)13-14(7,8)9/h2-3H,1H3,(H,10,11)(H2,7,8,9). The third-order valence-electron chi connectivity index (χ3n) is 1.10. The Hall–Kier alpha value is -0.690. The molecule has 11 heteroatoms. The van der Waals surface area contributed by atoms with Crippen molar-refractivity contribution in [3.05, 3.63) is 18.2 Å². The van der Waals surface area contributed by atoms with Gasteiger partial charge in [0.2, 0.25) is 0 Å². The summed E-state index contributed by atoms with van der Waals surface area (Å²) in [6.45, 7) is 1.59. The van der Waals surface area contributed by atoms with Gasteiger partial charge in [0.25, 0.3) is 0 Å². The fourth-order valence-corrected chi connectivity index (χ4v) is 2.23. The molecule has 0 aliphatic rings. The molecule has 1 aromatic heterocycles. The van der Waals surface area contributed by atoms with Crippen LogP contribution in [0.4, 0.5) is 0 Å². The first-order valence-corrected chi connectivity index (χ1v) is 6.51. The van der Waals surface area contributed by atoms with Crippen molar-refractivity contribution in [1.29, 1.82) is 0 Å². The Bertz CT molecular complexity index is 436. The third kappa shape index (κ3) is 4.57. The number of aryl methyl sites for hydroxylation is 1. The highest BCUT2D eigenvalue weighted by Gasteiger charge is 2.34. The Morgan fingerprint density at radius 2 is 2.00 bits per heavy atom. The van der Waals surface area contributed by atoms with Crippen LogP contribution in [0.2, 0.25) is 0 Å². The fourth-order valence-electron chi connectivity index (χ4n) is 0.712. The average molecular weight is 258 g/mol. The lowest BCUT2D eigenvalue weighted by Crippen LogP contribution is -2.07. The summed E-state index contributed by atoms with van der Waals surface area (Å²) in [6.07, 6.45) is 2.27. The first-order valence-electron chi connectivity index (χ1n) is 3.48. The summed E-state index contributed by atoms with van der Waals surface area (Å²) in [5.41, 5.74) is 0.492. The number of rotatable bonds is 4. The average Bonchev–Trinajstić information content (AvgIpc) is 2.27. The zero-order chi connectivity index (χ0) is 11.7. The molecular weight excluding hydrogens is 250 g/mol. The van der Waals surface area contributed by atoms with E-state index >= 15 is 0 Å². The molecular formula is C4H8N2O7P2. The summed E-state index contributed by atoms with van der Waals surface area (Å²) < 4.78 is 29.8. The largest absolute Gasteiger partial charge is 0.555 e. The van der Waals surface area contributed by atoms with Crippen LogP contribution in [0.1, 0.15) is 5.69 Å². The molecule has 0 aliphatic heterocycles. The molecule has 0 saturated heterocycles. The van der Waals surface area contributed by atoms with Gasteiger partial charge in [-0.1, -0.05) is 0 Å². The van der Waals surface area contributed by atoms with Gasteiger partial charge in [-0.25, -0.2) is 14.1 Å². The van der Waals surface area contributed by atoms with Gasteiger partial charge in [0.1, 0.15) is 6.33 Å². The summed E-state index contributed by atoms with van der Waals surface area (Å²) in [6, 6.07) is 0. The van der Waals surface area contributed by atoms with Gasteiger partial charge in [0.15, 0.2) is 0 Å². The number of phosphoric acid groups is 2. The minimum absolute atomic E-state index is 0.492. The van der Waals surface area contributed by atoms with Crippen molar-refractivity contribution in [2.75, 3.05) is 0 Å². The van der Waals surface area contributed by atoms with Crippen LogP contribution >= 0.6 is 15.6 Å². The maximum absolute atomic E-state index is 11.0. The topological polar surface area (TPSA) is 131 Å². The minimum Gasteiger partial charge on any atom is -0.310 e. The predicted octanol–water partition coefficient (Wildman–Crippen LogP) is -0.170. The highest BCUT2D eigenvalue weighted by molar-refractivity contribution is 7.60. The predicted molar refractivity (Wildman–Crippen MR) is 46.5 cm³/mol. The normalized spacial score (nSPS) is 16.0. The highest BCUT2D eigenvalue weighted by atomic mass is 31.3. The van der Waals surface area contributed by atoms with Gasteiger partial charge in [-0.2, -0.15) is 9.04 Å². The van der Waals surface area contributed by atoms with Crippen molar-refractivity contribution in [3.8, 4) is 0 Å². The zero-order valence-corrected chi connectivity index (χ0v) is 9.21. The molecule has 3 N–H and O–H groups in total. The van der Waals surface area contributed by atoms with E-state index in [-0.39, 0.29) is 0 Å². The van der Waals surface area contributed by atoms with Crippen molar-refractivity contribution >= 4 is 15.6 Å². The van der Waals surface area contributed by atoms with E-state index in [1.807, 2.05) is 0 Å². The van der Waals surface area contributed by atoms with Gasteiger partial charge < -0.3 is 14.4 Å². The highest BCUT2D eigenvalue weighted by Crippen LogP contribution is 2.55. The second-order valence-corrected chi connectivity index (χ2v) is 5.23. The minimum atomic E-state index is -5.09. The molecule has 0 spiro atoms. The summed E-state index contributed by atoms with van der Waals surface area (Å²) in [7, 11) is -9.95. The van der Waals surface area contributed by atoms with E-state index in [1.54, 1.807) is 6.92 Å². The second-order valence-electron chi connectivity index (χ2n) is 2.50. The van der Waals surface area contributed by atoms with Crippen LogP contribution in [0.15, 0.2) is 12.5 Å². The van der Waals surface area contributed by atoms with Crippen LogP contribution in [0.3, 0.4) is 0 Å². The number of hydrogen-bond donors (Lipinski definition) is 3. The van der Waals surface area contributed by atoms with Crippen LogP contribution in [-0.4, -0.2) is 24.4 Å². The van der Waals surface area contributed by atoms with Crippen molar-refractivity contribution < 1.29 is 32.7 Å². The first-order chi connectivity index (χ1) is 6.68. The van der Waals surface area contributed by atoms with E-state index in [1.165, 1.54) is 6.20 Å². The summed E-state index contributed by atoms with van der Waals surface area (Å²) in [4.78, 5) is 29.1. The number of hydrogen-bond acceptors (Lipinski definition) is 5. The lowest BCUT2D eigenvalue weighted by molar-refractivity contribution is 0.164. The van der Waals surface area contributed by atoms with Crippen molar-refractivity contribution in [3.63, 3.8) is 0 Å². The molecule has 15 heavy (non-hydrogen) atoms. The van der Waals surface area contributed by atoms with Gasteiger partial charge in [0, 0.05) is 0 Å². The van der Waals surface area contributed by atoms with Crippen LogP contribution in [0.5, 0.6) is 0 Å². The molecule has 1 unspecified atom stereocenters. The van der Waals surface area contributed by atoms with Crippen LogP contribution < -0.4 is 4.62 Å². The number of imidazole rings is 1. The molecule has 1 rings (SSSR count). The van der Waals surface area contributed by atoms with Gasteiger partial charge >= 0.3 is 15.6 Å². The van der Waals surface area contributed by atoms with Crippen LogP contribution in [0, 0.1) is 6.92 Å². The quantitative estimate of drug-likeness (QED) is 0.634. The Balaban J connectivity index is 2.73. The van der Waals surface area contributed by atoms with Crippen molar-refractivity contribution in [2.45, 2.75) is 6.92 Å². The lowest BCUT2D eigenvalue weighted by Gasteiger charge is -2.12. The second kappa shape index (κ2) is 4.05.